The number of morpholine rings is 1. The number of hydrogen-bond acceptors (Lipinski definition) is 3. The van der Waals surface area contributed by atoms with Crippen molar-refractivity contribution >= 4 is 23.4 Å². The molecule has 0 aliphatic carbocycles. The molecule has 2 N–H and O–H groups in total. The van der Waals surface area contributed by atoms with Gasteiger partial charge in [-0.15, -0.1) is 12.4 Å². The molecule has 1 saturated heterocycles. The fourth-order valence-corrected chi connectivity index (χ4v) is 3.04. The maximum Gasteiger partial charge on any atom is 0.138 e. The van der Waals surface area contributed by atoms with Gasteiger partial charge in [-0.2, -0.15) is 0 Å². The molecule has 4 nitrogen and oxygen atoms in total. The summed E-state index contributed by atoms with van der Waals surface area (Å²) in [4.78, 5) is 8.15. The summed E-state index contributed by atoms with van der Waals surface area (Å²) in [5.41, 5.74) is 6.98. The molecule has 24 heavy (non-hydrogen) atoms. The van der Waals surface area contributed by atoms with Gasteiger partial charge in [-0.1, -0.05) is 24.3 Å². The third kappa shape index (κ3) is 3.18. The number of hydrogen-bond donors (Lipinski definition) is 2. The Bertz CT molecular complexity index is 797. The summed E-state index contributed by atoms with van der Waals surface area (Å²) < 4.78 is 5.80. The molecule has 1 fully saturated rings. The molecule has 126 valence electrons. The number of rotatable bonds is 2. The molecule has 0 saturated carbocycles. The Hall–Kier alpha value is -1.88. The van der Waals surface area contributed by atoms with Crippen molar-refractivity contribution in [2.24, 2.45) is 0 Å². The zero-order chi connectivity index (χ0) is 15.8. The van der Waals surface area contributed by atoms with Crippen molar-refractivity contribution in [2.75, 3.05) is 19.7 Å². The van der Waals surface area contributed by atoms with E-state index in [9.17, 15) is 0 Å². The first-order valence-corrected chi connectivity index (χ1v) is 8.10. The molecule has 1 aliphatic rings. The second kappa shape index (κ2) is 6.93. The average Bonchev–Trinajstić information content (AvgIpc) is 2.99. The molecule has 1 aliphatic heterocycles. The van der Waals surface area contributed by atoms with Gasteiger partial charge in [0.05, 0.1) is 23.7 Å². The van der Waals surface area contributed by atoms with Gasteiger partial charge in [-0.05, 0) is 42.7 Å². The van der Waals surface area contributed by atoms with Crippen LogP contribution in [-0.4, -0.2) is 29.7 Å². The molecule has 2 aromatic carbocycles. The van der Waals surface area contributed by atoms with Crippen molar-refractivity contribution in [3.05, 3.63) is 53.1 Å². The molecule has 4 rings (SSSR count). The number of nitrogens with one attached hydrogen (secondary N) is 2. The number of halogens is 1. The van der Waals surface area contributed by atoms with E-state index >= 15 is 0 Å². The first-order valence-electron chi connectivity index (χ1n) is 8.10. The Balaban J connectivity index is 0.00000169. The van der Waals surface area contributed by atoms with Crippen LogP contribution in [0.15, 0.2) is 36.4 Å². The van der Waals surface area contributed by atoms with Crippen molar-refractivity contribution in [3.63, 3.8) is 0 Å². The second-order valence-electron chi connectivity index (χ2n) is 6.22. The van der Waals surface area contributed by atoms with Gasteiger partial charge in [0.2, 0.25) is 0 Å². The predicted octanol–water partition coefficient (Wildman–Crippen LogP) is 3.93. The first kappa shape index (κ1) is 17.0. The third-order valence-corrected chi connectivity index (χ3v) is 4.58. The molecule has 0 radical (unpaired) electrons. The van der Waals surface area contributed by atoms with Gasteiger partial charge >= 0.3 is 0 Å². The molecule has 5 heteroatoms. The summed E-state index contributed by atoms with van der Waals surface area (Å²) in [5, 5.41) is 3.36. The van der Waals surface area contributed by atoms with Crippen LogP contribution in [0.5, 0.6) is 0 Å². The zero-order valence-corrected chi connectivity index (χ0v) is 14.7. The Morgan fingerprint density at radius 2 is 1.83 bits per heavy atom. The predicted molar refractivity (Wildman–Crippen MR) is 99.8 cm³/mol. The number of H-pyrrole nitrogens is 1. The molecule has 0 amide bonds. The van der Waals surface area contributed by atoms with Gasteiger partial charge in [0.15, 0.2) is 0 Å². The maximum atomic E-state index is 5.80. The van der Waals surface area contributed by atoms with Crippen LogP contribution in [0.3, 0.4) is 0 Å². The lowest BCUT2D eigenvalue weighted by molar-refractivity contribution is 0.0277. The van der Waals surface area contributed by atoms with Crippen LogP contribution >= 0.6 is 12.4 Å². The zero-order valence-electron chi connectivity index (χ0n) is 13.9. The molecule has 3 aromatic rings. The minimum atomic E-state index is 0. The fourth-order valence-electron chi connectivity index (χ4n) is 3.04. The lowest BCUT2D eigenvalue weighted by Crippen LogP contribution is -2.33. The molecule has 0 unspecified atom stereocenters. The Kier molecular flexibility index (Phi) is 4.90. The van der Waals surface area contributed by atoms with E-state index in [1.165, 1.54) is 16.7 Å². The molecule has 2 heterocycles. The number of fused-ring (bicyclic) bond motifs is 1. The van der Waals surface area contributed by atoms with Crippen LogP contribution in [0.25, 0.3) is 22.4 Å². The molecular formula is C19H22ClN3O. The Morgan fingerprint density at radius 1 is 1.08 bits per heavy atom. The van der Waals surface area contributed by atoms with E-state index < -0.39 is 0 Å². The number of aromatic nitrogens is 2. The van der Waals surface area contributed by atoms with Crippen LogP contribution in [0.1, 0.15) is 22.8 Å². The summed E-state index contributed by atoms with van der Waals surface area (Å²) in [5.74, 6) is 0.916. The molecule has 1 aromatic heterocycles. The highest BCUT2D eigenvalue weighted by Gasteiger charge is 2.15. The van der Waals surface area contributed by atoms with Gasteiger partial charge in [0, 0.05) is 18.7 Å². The second-order valence-corrected chi connectivity index (χ2v) is 6.22. The Labute approximate surface area is 148 Å². The van der Waals surface area contributed by atoms with Gasteiger partial charge in [-0.25, -0.2) is 4.98 Å². The highest BCUT2D eigenvalue weighted by atomic mass is 35.5. The summed E-state index contributed by atoms with van der Waals surface area (Å²) in [7, 11) is 0. The van der Waals surface area contributed by atoms with Crippen LogP contribution in [0.2, 0.25) is 0 Å². The van der Waals surface area contributed by atoms with Crippen molar-refractivity contribution in [1.82, 2.24) is 15.3 Å². The normalized spacial score (nSPS) is 17.7. The standard InChI is InChI=1S/C19H21N3O.ClH/c1-12-9-16-17(10-13(12)2)22-19(21-16)15-5-3-14(4-6-15)18-11-20-7-8-23-18;/h3-6,9-10,18,20H,7-8,11H2,1-2H3,(H,21,22);1H/t18-;/m1./s1. The van der Waals surface area contributed by atoms with E-state index in [0.29, 0.717) is 0 Å². The fraction of sp³-hybridized carbons (Fsp3) is 0.316. The number of aromatic amines is 1. The number of nitrogens with zero attached hydrogens (tertiary/aromatic N) is 1. The number of aryl methyl sites for hydroxylation is 2. The average molecular weight is 344 g/mol. The van der Waals surface area contributed by atoms with E-state index in [1.807, 2.05) is 0 Å². The van der Waals surface area contributed by atoms with E-state index in [-0.39, 0.29) is 18.5 Å². The lowest BCUT2D eigenvalue weighted by Gasteiger charge is -2.24. The van der Waals surface area contributed by atoms with Crippen LogP contribution in [-0.2, 0) is 4.74 Å². The SMILES string of the molecule is Cc1cc2nc(-c3ccc([C@H]4CNCCO4)cc3)[nH]c2cc1C.Cl. The highest BCUT2D eigenvalue weighted by molar-refractivity contribution is 5.85. The monoisotopic (exact) mass is 343 g/mol. The number of benzene rings is 2. The van der Waals surface area contributed by atoms with E-state index in [2.05, 4.69) is 60.5 Å². The summed E-state index contributed by atoms with van der Waals surface area (Å²) >= 11 is 0. The Morgan fingerprint density at radius 3 is 2.54 bits per heavy atom. The third-order valence-electron chi connectivity index (χ3n) is 4.58. The number of ether oxygens (including phenoxy) is 1. The van der Waals surface area contributed by atoms with Crippen molar-refractivity contribution in [2.45, 2.75) is 20.0 Å². The van der Waals surface area contributed by atoms with Crippen molar-refractivity contribution in [3.8, 4) is 11.4 Å². The highest BCUT2D eigenvalue weighted by Crippen LogP contribution is 2.25. The van der Waals surface area contributed by atoms with Gasteiger partial charge in [0.1, 0.15) is 5.82 Å². The summed E-state index contributed by atoms with van der Waals surface area (Å²) in [6.07, 6.45) is 0.152. The first-order chi connectivity index (χ1) is 11.2. The summed E-state index contributed by atoms with van der Waals surface area (Å²) in [6.45, 7) is 6.84. The topological polar surface area (TPSA) is 49.9 Å². The smallest absolute Gasteiger partial charge is 0.138 e. The minimum absolute atomic E-state index is 0. The van der Waals surface area contributed by atoms with Gasteiger partial charge < -0.3 is 15.0 Å². The summed E-state index contributed by atoms with van der Waals surface area (Å²) in [6, 6.07) is 12.8. The maximum absolute atomic E-state index is 5.80. The van der Waals surface area contributed by atoms with E-state index in [0.717, 1.165) is 42.1 Å². The van der Waals surface area contributed by atoms with Gasteiger partial charge in [0.25, 0.3) is 0 Å². The van der Waals surface area contributed by atoms with E-state index in [4.69, 9.17) is 9.72 Å². The van der Waals surface area contributed by atoms with Crippen molar-refractivity contribution in [1.29, 1.82) is 0 Å². The number of imidazole rings is 1. The van der Waals surface area contributed by atoms with Crippen LogP contribution in [0, 0.1) is 13.8 Å². The minimum Gasteiger partial charge on any atom is -0.371 e. The molecule has 0 bridgehead atoms. The van der Waals surface area contributed by atoms with Crippen molar-refractivity contribution < 1.29 is 4.74 Å². The molecule has 1 atom stereocenters. The van der Waals surface area contributed by atoms with Crippen LogP contribution < -0.4 is 5.32 Å². The quantitative estimate of drug-likeness (QED) is 0.741. The van der Waals surface area contributed by atoms with Crippen LogP contribution in [0.4, 0.5) is 0 Å². The largest absolute Gasteiger partial charge is 0.371 e. The molecular weight excluding hydrogens is 322 g/mol. The molecule has 0 spiro atoms. The lowest BCUT2D eigenvalue weighted by atomic mass is 10.1. The van der Waals surface area contributed by atoms with E-state index in [1.54, 1.807) is 0 Å². The van der Waals surface area contributed by atoms with Gasteiger partial charge in [-0.3, -0.25) is 0 Å².